The monoisotopic (exact) mass is 232 g/mol. The quantitative estimate of drug-likeness (QED) is 0.694. The topological polar surface area (TPSA) is 90.9 Å². The second kappa shape index (κ2) is 5.22. The highest BCUT2D eigenvalue weighted by Gasteiger charge is 2.03. The first-order valence-electron chi connectivity index (χ1n) is 4.78. The van der Waals surface area contributed by atoms with E-state index in [4.69, 9.17) is 5.73 Å². The first-order valence-corrected chi connectivity index (χ1v) is 6.84. The van der Waals surface area contributed by atoms with Crippen molar-refractivity contribution in [2.24, 2.45) is 5.73 Å². The van der Waals surface area contributed by atoms with Gasteiger partial charge in [-0.1, -0.05) is 5.21 Å². The van der Waals surface area contributed by atoms with E-state index < -0.39 is 9.84 Å². The summed E-state index contributed by atoms with van der Waals surface area (Å²) in [6.07, 6.45) is 4.29. The van der Waals surface area contributed by atoms with E-state index in [1.54, 1.807) is 10.9 Å². The fraction of sp³-hybridized carbons (Fsp3) is 0.750. The van der Waals surface area contributed by atoms with Crippen molar-refractivity contribution in [3.63, 3.8) is 0 Å². The number of nitrogens with zero attached hydrogens (tertiary/aromatic N) is 3. The van der Waals surface area contributed by atoms with Crippen LogP contribution in [0.2, 0.25) is 0 Å². The van der Waals surface area contributed by atoms with Crippen molar-refractivity contribution < 1.29 is 8.42 Å². The van der Waals surface area contributed by atoms with Crippen LogP contribution in [0.15, 0.2) is 6.20 Å². The van der Waals surface area contributed by atoms with Crippen LogP contribution in [0.1, 0.15) is 12.1 Å². The molecule has 0 aromatic carbocycles. The predicted molar refractivity (Wildman–Crippen MR) is 57.1 cm³/mol. The summed E-state index contributed by atoms with van der Waals surface area (Å²) in [6, 6.07) is 0. The van der Waals surface area contributed by atoms with Gasteiger partial charge >= 0.3 is 0 Å². The molecule has 7 heteroatoms. The lowest BCUT2D eigenvalue weighted by Gasteiger charge is -1.98. The Labute approximate surface area is 89.4 Å². The molecule has 0 saturated heterocycles. The lowest BCUT2D eigenvalue weighted by Crippen LogP contribution is -2.07. The van der Waals surface area contributed by atoms with Gasteiger partial charge in [0, 0.05) is 25.4 Å². The van der Waals surface area contributed by atoms with Crippen LogP contribution in [-0.2, 0) is 22.8 Å². The molecule has 6 nitrogen and oxygen atoms in total. The summed E-state index contributed by atoms with van der Waals surface area (Å²) in [5, 5.41) is 7.78. The van der Waals surface area contributed by atoms with E-state index in [-0.39, 0.29) is 5.75 Å². The smallest absolute Gasteiger partial charge is 0.147 e. The number of sulfone groups is 1. The highest BCUT2D eigenvalue weighted by molar-refractivity contribution is 7.90. The molecule has 0 radical (unpaired) electrons. The van der Waals surface area contributed by atoms with E-state index in [2.05, 4.69) is 10.3 Å². The van der Waals surface area contributed by atoms with Crippen molar-refractivity contribution in [3.8, 4) is 0 Å². The maximum absolute atomic E-state index is 10.9. The summed E-state index contributed by atoms with van der Waals surface area (Å²) in [5.41, 5.74) is 6.21. The number of hydrogen-bond acceptors (Lipinski definition) is 5. The molecule has 1 heterocycles. The van der Waals surface area contributed by atoms with Crippen molar-refractivity contribution in [3.05, 3.63) is 11.9 Å². The van der Waals surface area contributed by atoms with Crippen LogP contribution in [-0.4, -0.2) is 42.0 Å². The SMILES string of the molecule is CS(=O)(=O)CCCn1cc(CCN)nn1. The Morgan fingerprint density at radius 2 is 2.27 bits per heavy atom. The van der Waals surface area contributed by atoms with Crippen LogP contribution in [0.4, 0.5) is 0 Å². The molecule has 0 atom stereocenters. The molecule has 1 aromatic heterocycles. The van der Waals surface area contributed by atoms with Crippen molar-refractivity contribution >= 4 is 9.84 Å². The van der Waals surface area contributed by atoms with Crippen molar-refractivity contribution in [1.29, 1.82) is 0 Å². The lowest BCUT2D eigenvalue weighted by atomic mass is 10.3. The number of hydrogen-bond donors (Lipinski definition) is 1. The molecule has 0 saturated carbocycles. The zero-order valence-corrected chi connectivity index (χ0v) is 9.57. The van der Waals surface area contributed by atoms with Gasteiger partial charge in [0.05, 0.1) is 11.4 Å². The fourth-order valence-corrected chi connectivity index (χ4v) is 1.85. The van der Waals surface area contributed by atoms with Gasteiger partial charge in [0.15, 0.2) is 0 Å². The molecule has 0 aliphatic rings. The van der Waals surface area contributed by atoms with E-state index >= 15 is 0 Å². The Hall–Kier alpha value is -0.950. The summed E-state index contributed by atoms with van der Waals surface area (Å²) in [4.78, 5) is 0. The highest BCUT2D eigenvalue weighted by Crippen LogP contribution is 1.96. The number of aromatic nitrogens is 3. The Kier molecular flexibility index (Phi) is 4.22. The number of rotatable bonds is 6. The summed E-state index contributed by atoms with van der Waals surface area (Å²) in [5.74, 6) is 0.180. The van der Waals surface area contributed by atoms with Gasteiger partial charge in [-0.3, -0.25) is 4.68 Å². The zero-order chi connectivity index (χ0) is 11.3. The molecule has 0 amide bonds. The third-order valence-electron chi connectivity index (χ3n) is 1.89. The molecular formula is C8H16N4O2S. The standard InChI is InChI=1S/C8H16N4O2S/c1-15(13,14)6-2-5-12-7-8(3-4-9)10-11-12/h7H,2-6,9H2,1H3. The molecule has 0 bridgehead atoms. The summed E-state index contributed by atoms with van der Waals surface area (Å²) in [6.45, 7) is 1.12. The maximum Gasteiger partial charge on any atom is 0.147 e. The number of aryl methyl sites for hydroxylation is 1. The molecule has 0 aliphatic carbocycles. The van der Waals surface area contributed by atoms with Crippen LogP contribution in [0.25, 0.3) is 0 Å². The van der Waals surface area contributed by atoms with Gasteiger partial charge in [-0.15, -0.1) is 5.10 Å². The minimum Gasteiger partial charge on any atom is -0.330 e. The van der Waals surface area contributed by atoms with Gasteiger partial charge in [-0.25, -0.2) is 8.42 Å². The van der Waals surface area contributed by atoms with Gasteiger partial charge in [0.25, 0.3) is 0 Å². The number of nitrogens with two attached hydrogens (primary N) is 1. The third kappa shape index (κ3) is 4.89. The van der Waals surface area contributed by atoms with Crippen molar-refractivity contribution in [1.82, 2.24) is 15.0 Å². The molecule has 0 unspecified atom stereocenters. The van der Waals surface area contributed by atoms with Gasteiger partial charge in [0.2, 0.25) is 0 Å². The van der Waals surface area contributed by atoms with E-state index in [0.29, 0.717) is 25.9 Å². The predicted octanol–water partition coefficient (Wildman–Crippen LogP) is -0.786. The first-order chi connectivity index (χ1) is 7.01. The van der Waals surface area contributed by atoms with Gasteiger partial charge in [-0.2, -0.15) is 0 Å². The normalized spacial score (nSPS) is 11.9. The Balaban J connectivity index is 2.38. The molecule has 0 aliphatic heterocycles. The summed E-state index contributed by atoms with van der Waals surface area (Å²) < 4.78 is 23.4. The Morgan fingerprint density at radius 3 is 2.87 bits per heavy atom. The molecule has 2 N–H and O–H groups in total. The maximum atomic E-state index is 10.9. The fourth-order valence-electron chi connectivity index (χ4n) is 1.20. The molecular weight excluding hydrogens is 216 g/mol. The van der Waals surface area contributed by atoms with Gasteiger partial charge in [0.1, 0.15) is 9.84 Å². The summed E-state index contributed by atoms with van der Waals surface area (Å²) in [7, 11) is -2.88. The van der Waals surface area contributed by atoms with Crippen LogP contribution >= 0.6 is 0 Å². The van der Waals surface area contributed by atoms with Crippen molar-refractivity contribution in [2.45, 2.75) is 19.4 Å². The average molecular weight is 232 g/mol. The van der Waals surface area contributed by atoms with Crippen LogP contribution in [0.5, 0.6) is 0 Å². The minimum absolute atomic E-state index is 0.180. The first kappa shape index (κ1) is 12.1. The van der Waals surface area contributed by atoms with Crippen molar-refractivity contribution in [2.75, 3.05) is 18.6 Å². The van der Waals surface area contributed by atoms with Crippen LogP contribution in [0, 0.1) is 0 Å². The Bertz CT molecular complexity index is 399. The highest BCUT2D eigenvalue weighted by atomic mass is 32.2. The largest absolute Gasteiger partial charge is 0.330 e. The van der Waals surface area contributed by atoms with Crippen LogP contribution in [0.3, 0.4) is 0 Å². The molecule has 1 aromatic rings. The lowest BCUT2D eigenvalue weighted by molar-refractivity contribution is 0.564. The Morgan fingerprint density at radius 1 is 1.53 bits per heavy atom. The van der Waals surface area contributed by atoms with E-state index in [1.165, 1.54) is 6.26 Å². The molecule has 86 valence electrons. The molecule has 1 rings (SSSR count). The minimum atomic E-state index is -2.88. The molecule has 0 spiro atoms. The molecule has 15 heavy (non-hydrogen) atoms. The van der Waals surface area contributed by atoms with E-state index in [1.807, 2.05) is 0 Å². The second-order valence-electron chi connectivity index (χ2n) is 3.50. The van der Waals surface area contributed by atoms with Gasteiger partial charge < -0.3 is 5.73 Å². The van der Waals surface area contributed by atoms with Gasteiger partial charge in [-0.05, 0) is 13.0 Å². The second-order valence-corrected chi connectivity index (χ2v) is 5.75. The molecule has 0 fully saturated rings. The summed E-state index contributed by atoms with van der Waals surface area (Å²) >= 11 is 0. The third-order valence-corrected chi connectivity index (χ3v) is 2.92. The zero-order valence-electron chi connectivity index (χ0n) is 8.76. The van der Waals surface area contributed by atoms with E-state index in [0.717, 1.165) is 5.69 Å². The van der Waals surface area contributed by atoms with E-state index in [9.17, 15) is 8.42 Å². The van der Waals surface area contributed by atoms with Crippen LogP contribution < -0.4 is 5.73 Å². The average Bonchev–Trinajstić information content (AvgIpc) is 2.51.